The van der Waals surface area contributed by atoms with Crippen molar-refractivity contribution in [3.8, 4) is 5.75 Å². The lowest BCUT2D eigenvalue weighted by molar-refractivity contribution is 0.357. The Balaban J connectivity index is 2.01. The summed E-state index contributed by atoms with van der Waals surface area (Å²) in [5.41, 5.74) is 5.03. The first-order valence-corrected chi connectivity index (χ1v) is 7.76. The van der Waals surface area contributed by atoms with Gasteiger partial charge in [-0.1, -0.05) is 32.0 Å². The van der Waals surface area contributed by atoms with Gasteiger partial charge in [-0.2, -0.15) is 0 Å². The average molecular weight is 282 g/mol. The fraction of sp³-hybridized carbons (Fsp3) is 0.389. The van der Waals surface area contributed by atoms with Crippen LogP contribution in [0.25, 0.3) is 0 Å². The second-order valence-corrected chi connectivity index (χ2v) is 5.36. The van der Waals surface area contributed by atoms with Crippen LogP contribution in [0.2, 0.25) is 0 Å². The van der Waals surface area contributed by atoms with Crippen LogP contribution in [0.1, 0.15) is 42.3 Å². The summed E-state index contributed by atoms with van der Waals surface area (Å²) >= 11 is 0. The summed E-state index contributed by atoms with van der Waals surface area (Å²) in [5, 5.41) is 3.58. The van der Waals surface area contributed by atoms with Gasteiger partial charge in [0, 0.05) is 12.6 Å². The predicted molar refractivity (Wildman–Crippen MR) is 84.8 cm³/mol. The van der Waals surface area contributed by atoms with E-state index >= 15 is 0 Å². The number of aryl methyl sites for hydroxylation is 1. The largest absolute Gasteiger partial charge is 0.493 e. The van der Waals surface area contributed by atoms with Crippen molar-refractivity contribution in [3.05, 3.63) is 58.9 Å². The third kappa shape index (κ3) is 2.79. The lowest BCUT2D eigenvalue weighted by Crippen LogP contribution is -2.24. The molecule has 0 spiro atoms. The number of fused-ring (bicyclic) bond motifs is 1. The van der Waals surface area contributed by atoms with E-state index in [-0.39, 0.29) is 6.04 Å². The lowest BCUT2D eigenvalue weighted by atomic mass is 9.96. The summed E-state index contributed by atoms with van der Waals surface area (Å²) < 4.78 is 5.61. The van der Waals surface area contributed by atoms with Crippen LogP contribution in [0.5, 0.6) is 5.75 Å². The summed E-state index contributed by atoms with van der Waals surface area (Å²) in [7, 11) is 0. The molecule has 1 aliphatic heterocycles. The summed E-state index contributed by atoms with van der Waals surface area (Å²) in [6.45, 7) is 6.03. The molecule has 1 aromatic carbocycles. The molecule has 0 amide bonds. The van der Waals surface area contributed by atoms with E-state index in [0.29, 0.717) is 0 Å². The number of pyridine rings is 1. The zero-order valence-electron chi connectivity index (χ0n) is 12.7. The number of rotatable bonds is 5. The first-order valence-electron chi connectivity index (χ1n) is 7.76. The number of nitrogens with one attached hydrogen (secondary N) is 1. The third-order valence-corrected chi connectivity index (χ3v) is 4.04. The van der Waals surface area contributed by atoms with Gasteiger partial charge in [-0.15, -0.1) is 0 Å². The first kappa shape index (κ1) is 14.1. The monoisotopic (exact) mass is 282 g/mol. The molecule has 3 rings (SSSR count). The molecule has 0 saturated heterocycles. The Morgan fingerprint density at radius 3 is 3.00 bits per heavy atom. The summed E-state index contributed by atoms with van der Waals surface area (Å²) in [6.07, 6.45) is 3.89. The number of hydrogen-bond donors (Lipinski definition) is 1. The Labute approximate surface area is 126 Å². The van der Waals surface area contributed by atoms with Gasteiger partial charge in [-0.25, -0.2) is 0 Å². The van der Waals surface area contributed by atoms with E-state index in [4.69, 9.17) is 4.74 Å². The molecule has 110 valence electrons. The molecule has 0 aliphatic carbocycles. The molecule has 1 aliphatic rings. The minimum Gasteiger partial charge on any atom is -0.493 e. The van der Waals surface area contributed by atoms with Crippen molar-refractivity contribution in [2.75, 3.05) is 13.2 Å². The van der Waals surface area contributed by atoms with Crippen LogP contribution < -0.4 is 10.1 Å². The molecular formula is C18H22N2O. The van der Waals surface area contributed by atoms with Crippen molar-refractivity contribution in [2.45, 2.75) is 32.7 Å². The number of nitrogens with zero attached hydrogens (tertiary/aromatic N) is 1. The van der Waals surface area contributed by atoms with Crippen molar-refractivity contribution < 1.29 is 4.74 Å². The summed E-state index contributed by atoms with van der Waals surface area (Å²) in [6, 6.07) is 10.9. The Kier molecular flexibility index (Phi) is 4.20. The highest BCUT2D eigenvalue weighted by Gasteiger charge is 2.20. The maximum atomic E-state index is 5.61. The van der Waals surface area contributed by atoms with E-state index in [1.807, 2.05) is 12.3 Å². The number of ether oxygens (including phenoxy) is 1. The van der Waals surface area contributed by atoms with E-state index in [1.54, 1.807) is 0 Å². The molecule has 1 aromatic heterocycles. The van der Waals surface area contributed by atoms with Crippen molar-refractivity contribution in [3.63, 3.8) is 0 Å². The molecule has 0 bridgehead atoms. The number of hydrogen-bond acceptors (Lipinski definition) is 3. The highest BCUT2D eigenvalue weighted by Crippen LogP contribution is 2.31. The van der Waals surface area contributed by atoms with Crippen molar-refractivity contribution in [2.24, 2.45) is 0 Å². The first-order chi connectivity index (χ1) is 10.3. The molecular weight excluding hydrogens is 260 g/mol. The molecule has 3 heteroatoms. The third-order valence-electron chi connectivity index (χ3n) is 4.04. The quantitative estimate of drug-likeness (QED) is 0.914. The molecule has 1 N–H and O–H groups in total. The van der Waals surface area contributed by atoms with Crippen LogP contribution in [0.4, 0.5) is 0 Å². The lowest BCUT2D eigenvalue weighted by Gasteiger charge is -2.21. The van der Waals surface area contributed by atoms with Crippen LogP contribution in [0, 0.1) is 0 Å². The average Bonchev–Trinajstić information content (AvgIpc) is 3.00. The minimum atomic E-state index is 0.150. The van der Waals surface area contributed by atoms with Gasteiger partial charge in [0.15, 0.2) is 0 Å². The Bertz CT molecular complexity index is 624. The molecule has 0 saturated carbocycles. The smallest absolute Gasteiger partial charge is 0.122 e. The molecule has 1 unspecified atom stereocenters. The topological polar surface area (TPSA) is 34.1 Å². The van der Waals surface area contributed by atoms with Gasteiger partial charge in [0.05, 0.1) is 18.3 Å². The SMILES string of the molecule is CCNC(c1ccc2c(c1)CCO2)c1ncccc1CC. The zero-order valence-corrected chi connectivity index (χ0v) is 12.7. The Hall–Kier alpha value is -1.87. The fourth-order valence-corrected chi connectivity index (χ4v) is 2.97. The molecule has 21 heavy (non-hydrogen) atoms. The van der Waals surface area contributed by atoms with Gasteiger partial charge in [0.1, 0.15) is 5.75 Å². The zero-order chi connectivity index (χ0) is 14.7. The molecule has 0 fully saturated rings. The predicted octanol–water partition coefficient (Wildman–Crippen LogP) is 3.28. The maximum Gasteiger partial charge on any atom is 0.122 e. The Morgan fingerprint density at radius 1 is 1.29 bits per heavy atom. The Morgan fingerprint density at radius 2 is 2.19 bits per heavy atom. The molecule has 2 heterocycles. The normalized spacial score (nSPS) is 14.6. The minimum absolute atomic E-state index is 0.150. The van der Waals surface area contributed by atoms with Gasteiger partial charge in [0.2, 0.25) is 0 Å². The molecule has 1 atom stereocenters. The maximum absolute atomic E-state index is 5.61. The van der Waals surface area contributed by atoms with Gasteiger partial charge in [-0.3, -0.25) is 4.98 Å². The van der Waals surface area contributed by atoms with E-state index in [2.05, 4.69) is 48.4 Å². The van der Waals surface area contributed by atoms with E-state index < -0.39 is 0 Å². The molecule has 0 radical (unpaired) electrons. The second kappa shape index (κ2) is 6.27. The van der Waals surface area contributed by atoms with Crippen molar-refractivity contribution in [1.29, 1.82) is 0 Å². The highest BCUT2D eigenvalue weighted by molar-refractivity contribution is 5.43. The van der Waals surface area contributed by atoms with Crippen LogP contribution in [0.3, 0.4) is 0 Å². The molecule has 2 aromatic rings. The summed E-state index contributed by atoms with van der Waals surface area (Å²) in [5.74, 6) is 1.03. The van der Waals surface area contributed by atoms with Crippen LogP contribution in [-0.2, 0) is 12.8 Å². The van der Waals surface area contributed by atoms with E-state index in [1.165, 1.54) is 16.7 Å². The standard InChI is InChI=1S/C18H22N2O/c1-3-13-6-5-10-20-17(13)18(19-4-2)15-7-8-16-14(12-15)9-11-21-16/h5-8,10,12,18-19H,3-4,9,11H2,1-2H3. The summed E-state index contributed by atoms with van der Waals surface area (Å²) in [4.78, 5) is 4.64. The van der Waals surface area contributed by atoms with Gasteiger partial charge in [-0.05, 0) is 41.8 Å². The van der Waals surface area contributed by atoms with Gasteiger partial charge in [0.25, 0.3) is 0 Å². The van der Waals surface area contributed by atoms with Crippen molar-refractivity contribution in [1.82, 2.24) is 10.3 Å². The molecule has 3 nitrogen and oxygen atoms in total. The van der Waals surface area contributed by atoms with Gasteiger partial charge >= 0.3 is 0 Å². The van der Waals surface area contributed by atoms with Gasteiger partial charge < -0.3 is 10.1 Å². The van der Waals surface area contributed by atoms with Crippen LogP contribution >= 0.6 is 0 Å². The second-order valence-electron chi connectivity index (χ2n) is 5.36. The van der Waals surface area contributed by atoms with Crippen LogP contribution in [-0.4, -0.2) is 18.1 Å². The van der Waals surface area contributed by atoms with E-state index in [0.717, 1.165) is 37.4 Å². The van der Waals surface area contributed by atoms with Crippen LogP contribution in [0.15, 0.2) is 36.5 Å². The number of benzene rings is 1. The van der Waals surface area contributed by atoms with E-state index in [9.17, 15) is 0 Å². The van der Waals surface area contributed by atoms with Crippen molar-refractivity contribution >= 4 is 0 Å². The highest BCUT2D eigenvalue weighted by atomic mass is 16.5. The number of aromatic nitrogens is 1. The fourth-order valence-electron chi connectivity index (χ4n) is 2.97.